The van der Waals surface area contributed by atoms with Gasteiger partial charge in [-0.05, 0) is 57.3 Å². The molecule has 8 heteroatoms. The van der Waals surface area contributed by atoms with Crippen molar-refractivity contribution < 1.29 is 13.9 Å². The summed E-state index contributed by atoms with van der Waals surface area (Å²) in [5, 5.41) is 6.81. The number of ether oxygens (including phenoxy) is 2. The lowest BCUT2D eigenvalue weighted by Crippen LogP contribution is -2.43. The Kier molecular flexibility index (Phi) is 11.2. The first-order valence-corrected chi connectivity index (χ1v) is 10.3. The van der Waals surface area contributed by atoms with E-state index >= 15 is 0 Å². The Bertz CT molecular complexity index is 544. The Morgan fingerprint density at radius 2 is 2.18 bits per heavy atom. The summed E-state index contributed by atoms with van der Waals surface area (Å²) in [4.78, 5) is 6.82. The average molecular weight is 506 g/mol. The lowest BCUT2D eigenvalue weighted by molar-refractivity contribution is 0.0168. The second-order valence-corrected chi connectivity index (χ2v) is 7.22. The third-order valence-electron chi connectivity index (χ3n) is 5.23. The molecule has 2 atom stereocenters. The highest BCUT2D eigenvalue weighted by Crippen LogP contribution is 2.24. The Labute approximate surface area is 185 Å². The number of nitrogens with zero attached hydrogens (tertiary/aromatic N) is 2. The monoisotopic (exact) mass is 506 g/mol. The van der Waals surface area contributed by atoms with Gasteiger partial charge in [-0.1, -0.05) is 0 Å². The molecule has 2 fully saturated rings. The zero-order valence-corrected chi connectivity index (χ0v) is 19.2. The molecular weight excluding hydrogens is 471 g/mol. The van der Waals surface area contributed by atoms with Crippen molar-refractivity contribution >= 4 is 29.9 Å². The van der Waals surface area contributed by atoms with Crippen LogP contribution in [0, 0.1) is 0 Å². The zero-order valence-electron chi connectivity index (χ0n) is 16.9. The maximum atomic E-state index is 5.70. The fourth-order valence-corrected chi connectivity index (χ4v) is 3.73. The molecule has 0 aliphatic carbocycles. The van der Waals surface area contributed by atoms with Gasteiger partial charge in [-0.2, -0.15) is 0 Å². The van der Waals surface area contributed by atoms with Crippen LogP contribution in [0.3, 0.4) is 0 Å². The number of hydrogen-bond acceptors (Lipinski definition) is 5. The molecule has 0 saturated carbocycles. The standard InChI is InChI=1S/C20H34N4O3.HI/c1-21-20(22-9-6-12-25-16-17-7-4-13-26-17)23-15-18(19-8-5-14-27-19)24-10-2-3-11-24;/h5,8,14,17-18H,2-4,6-7,9-13,15-16H2,1H3,(H2,21,22,23);1H. The number of furan rings is 1. The molecule has 2 saturated heterocycles. The van der Waals surface area contributed by atoms with Crippen LogP contribution in [0.2, 0.25) is 0 Å². The van der Waals surface area contributed by atoms with Crippen molar-refractivity contribution in [1.82, 2.24) is 15.5 Å². The summed E-state index contributed by atoms with van der Waals surface area (Å²) in [5.74, 6) is 1.84. The number of likely N-dealkylation sites (tertiary alicyclic amines) is 1. The Balaban J connectivity index is 0.00000280. The second-order valence-electron chi connectivity index (χ2n) is 7.22. The van der Waals surface area contributed by atoms with Gasteiger partial charge >= 0.3 is 0 Å². The van der Waals surface area contributed by atoms with Crippen LogP contribution in [-0.4, -0.2) is 70.0 Å². The van der Waals surface area contributed by atoms with Gasteiger partial charge in [0.05, 0.1) is 25.0 Å². The lowest BCUT2D eigenvalue weighted by Gasteiger charge is -2.26. The molecule has 3 heterocycles. The Morgan fingerprint density at radius 1 is 1.32 bits per heavy atom. The van der Waals surface area contributed by atoms with Gasteiger partial charge in [0.1, 0.15) is 5.76 Å². The Hall–Kier alpha value is -0.840. The molecule has 2 aliphatic heterocycles. The van der Waals surface area contributed by atoms with E-state index in [0.717, 1.165) is 70.4 Å². The molecule has 0 spiro atoms. The third-order valence-corrected chi connectivity index (χ3v) is 5.23. The normalized spacial score (nSPS) is 21.5. The Morgan fingerprint density at radius 3 is 2.86 bits per heavy atom. The summed E-state index contributed by atoms with van der Waals surface area (Å²) < 4.78 is 16.9. The first kappa shape index (κ1) is 23.4. The third kappa shape index (κ3) is 7.53. The number of aliphatic imine (C=N–C) groups is 1. The van der Waals surface area contributed by atoms with Gasteiger partial charge in [0, 0.05) is 33.4 Å². The van der Waals surface area contributed by atoms with Crippen molar-refractivity contribution in [2.45, 2.75) is 44.2 Å². The molecule has 0 aromatic carbocycles. The van der Waals surface area contributed by atoms with E-state index in [1.165, 1.54) is 12.8 Å². The van der Waals surface area contributed by atoms with Gasteiger partial charge in [0.15, 0.2) is 5.96 Å². The number of halogens is 1. The topological polar surface area (TPSA) is 71.3 Å². The van der Waals surface area contributed by atoms with Crippen LogP contribution in [-0.2, 0) is 9.47 Å². The van der Waals surface area contributed by atoms with Crippen LogP contribution in [0.5, 0.6) is 0 Å². The minimum atomic E-state index is 0. The van der Waals surface area contributed by atoms with Crippen LogP contribution in [0.15, 0.2) is 27.8 Å². The lowest BCUT2D eigenvalue weighted by atomic mass is 10.2. The summed E-state index contributed by atoms with van der Waals surface area (Å²) in [7, 11) is 1.81. The van der Waals surface area contributed by atoms with Gasteiger partial charge in [-0.3, -0.25) is 9.89 Å². The van der Waals surface area contributed by atoms with E-state index in [4.69, 9.17) is 13.9 Å². The van der Waals surface area contributed by atoms with Crippen molar-refractivity contribution in [3.05, 3.63) is 24.2 Å². The molecule has 1 aromatic rings. The summed E-state index contributed by atoms with van der Waals surface area (Å²) in [6, 6.07) is 4.27. The van der Waals surface area contributed by atoms with Crippen molar-refractivity contribution in [3.8, 4) is 0 Å². The predicted octanol–water partition coefficient (Wildman–Crippen LogP) is 2.79. The molecule has 2 unspecified atom stereocenters. The summed E-state index contributed by atoms with van der Waals surface area (Å²) in [6.07, 6.45) is 7.81. The first-order valence-electron chi connectivity index (χ1n) is 10.3. The maximum Gasteiger partial charge on any atom is 0.191 e. The van der Waals surface area contributed by atoms with Gasteiger partial charge in [0.25, 0.3) is 0 Å². The number of guanidine groups is 1. The largest absolute Gasteiger partial charge is 0.468 e. The van der Waals surface area contributed by atoms with Gasteiger partial charge in [-0.25, -0.2) is 0 Å². The highest BCUT2D eigenvalue weighted by atomic mass is 127. The molecule has 3 rings (SSSR count). The van der Waals surface area contributed by atoms with Gasteiger partial charge < -0.3 is 24.5 Å². The highest BCUT2D eigenvalue weighted by Gasteiger charge is 2.25. The summed E-state index contributed by atoms with van der Waals surface area (Å²) in [6.45, 7) is 6.21. The van der Waals surface area contributed by atoms with Gasteiger partial charge in [-0.15, -0.1) is 24.0 Å². The average Bonchev–Trinajstić information content (AvgIpc) is 3.46. The minimum absolute atomic E-state index is 0. The van der Waals surface area contributed by atoms with Crippen molar-refractivity contribution in [2.75, 3.05) is 53.0 Å². The van der Waals surface area contributed by atoms with E-state index in [1.807, 2.05) is 6.07 Å². The molecule has 7 nitrogen and oxygen atoms in total. The quantitative estimate of drug-likeness (QED) is 0.220. The molecule has 1 aromatic heterocycles. The maximum absolute atomic E-state index is 5.70. The van der Waals surface area contributed by atoms with E-state index in [0.29, 0.717) is 12.7 Å². The van der Waals surface area contributed by atoms with Crippen LogP contribution >= 0.6 is 24.0 Å². The molecule has 0 bridgehead atoms. The van der Waals surface area contributed by atoms with E-state index in [9.17, 15) is 0 Å². The highest BCUT2D eigenvalue weighted by molar-refractivity contribution is 14.0. The minimum Gasteiger partial charge on any atom is -0.468 e. The first-order chi connectivity index (χ1) is 13.4. The predicted molar refractivity (Wildman–Crippen MR) is 121 cm³/mol. The van der Waals surface area contributed by atoms with E-state index in [1.54, 1.807) is 13.3 Å². The molecule has 2 aliphatic rings. The van der Waals surface area contributed by atoms with Crippen molar-refractivity contribution in [3.63, 3.8) is 0 Å². The number of rotatable bonds is 10. The van der Waals surface area contributed by atoms with Crippen LogP contribution < -0.4 is 10.6 Å². The molecule has 160 valence electrons. The number of nitrogens with one attached hydrogen (secondary N) is 2. The fraction of sp³-hybridized carbons (Fsp3) is 0.750. The molecule has 0 amide bonds. The smallest absolute Gasteiger partial charge is 0.191 e. The fourth-order valence-electron chi connectivity index (χ4n) is 3.73. The molecule has 28 heavy (non-hydrogen) atoms. The van der Waals surface area contributed by atoms with Crippen molar-refractivity contribution in [2.24, 2.45) is 4.99 Å². The van der Waals surface area contributed by atoms with Gasteiger partial charge in [0.2, 0.25) is 0 Å². The van der Waals surface area contributed by atoms with E-state index < -0.39 is 0 Å². The van der Waals surface area contributed by atoms with E-state index in [-0.39, 0.29) is 30.0 Å². The molecule has 0 radical (unpaired) electrons. The number of hydrogen-bond donors (Lipinski definition) is 2. The van der Waals surface area contributed by atoms with Crippen LogP contribution in [0.25, 0.3) is 0 Å². The van der Waals surface area contributed by atoms with Crippen molar-refractivity contribution in [1.29, 1.82) is 0 Å². The molecule has 2 N–H and O–H groups in total. The zero-order chi connectivity index (χ0) is 18.7. The summed E-state index contributed by atoms with van der Waals surface area (Å²) in [5.41, 5.74) is 0. The SMILES string of the molecule is CN=C(NCCCOCC1CCCO1)NCC(c1ccco1)N1CCCC1.I. The van der Waals surface area contributed by atoms with E-state index in [2.05, 4.69) is 26.6 Å². The summed E-state index contributed by atoms with van der Waals surface area (Å²) >= 11 is 0. The van der Waals surface area contributed by atoms with Crippen LogP contribution in [0.1, 0.15) is 43.9 Å². The second kappa shape index (κ2) is 13.4. The van der Waals surface area contributed by atoms with Crippen LogP contribution in [0.4, 0.5) is 0 Å². The molecular formula is C20H35IN4O3.